The Balaban J connectivity index is 1.73. The average Bonchev–Trinajstić information content (AvgIpc) is 3.15. The molecule has 1 aromatic rings. The maximum Gasteiger partial charge on any atom is 0.337 e. The van der Waals surface area contributed by atoms with Crippen molar-refractivity contribution in [2.24, 2.45) is 11.8 Å². The fraction of sp³-hybridized carbons (Fsp3) is 0.353. The summed E-state index contributed by atoms with van der Waals surface area (Å²) >= 11 is 0. The Morgan fingerprint density at radius 2 is 2.09 bits per heavy atom. The summed E-state index contributed by atoms with van der Waals surface area (Å²) < 4.78 is 10.5. The summed E-state index contributed by atoms with van der Waals surface area (Å²) in [6, 6.07) is 6.35. The Hall–Kier alpha value is -2.47. The van der Waals surface area contributed by atoms with Gasteiger partial charge < -0.3 is 9.47 Å². The lowest BCUT2D eigenvalue weighted by Crippen LogP contribution is -2.38. The fourth-order valence-corrected chi connectivity index (χ4v) is 3.80. The van der Waals surface area contributed by atoms with E-state index in [1.54, 1.807) is 18.2 Å². The van der Waals surface area contributed by atoms with Gasteiger partial charge in [0.15, 0.2) is 0 Å². The summed E-state index contributed by atoms with van der Waals surface area (Å²) in [5.41, 5.74) is -0.0388. The predicted molar refractivity (Wildman–Crippen MR) is 79.7 cm³/mol. The maximum atomic E-state index is 12.8. The van der Waals surface area contributed by atoms with Crippen molar-refractivity contribution in [2.45, 2.75) is 18.6 Å². The molecule has 2 amide bonds. The summed E-state index contributed by atoms with van der Waals surface area (Å²) in [5, 5.41) is 0. The van der Waals surface area contributed by atoms with Gasteiger partial charge in [0.25, 0.3) is 0 Å². The third-order valence-corrected chi connectivity index (χ3v) is 4.85. The minimum atomic E-state index is -0.725. The van der Waals surface area contributed by atoms with Gasteiger partial charge in [0.2, 0.25) is 11.8 Å². The van der Waals surface area contributed by atoms with E-state index >= 15 is 0 Å². The molecule has 0 radical (unpaired) electrons. The second-order valence-electron chi connectivity index (χ2n) is 6.18. The van der Waals surface area contributed by atoms with E-state index in [4.69, 9.17) is 4.74 Å². The molecule has 118 valence electrons. The molecule has 4 atom stereocenters. The van der Waals surface area contributed by atoms with Crippen molar-refractivity contribution in [3.8, 4) is 0 Å². The first-order chi connectivity index (χ1) is 11.0. The van der Waals surface area contributed by atoms with Crippen molar-refractivity contribution in [3.63, 3.8) is 0 Å². The molecular formula is C17H15NO5. The normalized spacial score (nSPS) is 34.2. The van der Waals surface area contributed by atoms with E-state index in [1.807, 2.05) is 19.1 Å². The predicted octanol–water partition coefficient (Wildman–Crippen LogP) is 1.31. The summed E-state index contributed by atoms with van der Waals surface area (Å²) in [5.74, 6) is -2.06. The first-order valence-electron chi connectivity index (χ1n) is 7.39. The average molecular weight is 313 g/mol. The highest BCUT2D eigenvalue weighted by atomic mass is 16.5. The van der Waals surface area contributed by atoms with Crippen LogP contribution in [0.3, 0.4) is 0 Å². The van der Waals surface area contributed by atoms with Gasteiger partial charge in [-0.05, 0) is 25.1 Å². The van der Waals surface area contributed by atoms with Crippen LogP contribution < -0.4 is 4.90 Å². The first kappa shape index (κ1) is 14.1. The monoisotopic (exact) mass is 313 g/mol. The Morgan fingerprint density at radius 1 is 1.30 bits per heavy atom. The topological polar surface area (TPSA) is 72.9 Å². The number of methoxy groups -OCH3 is 1. The van der Waals surface area contributed by atoms with Gasteiger partial charge in [-0.15, -0.1) is 0 Å². The molecule has 0 aliphatic carbocycles. The van der Waals surface area contributed by atoms with Gasteiger partial charge >= 0.3 is 5.97 Å². The van der Waals surface area contributed by atoms with E-state index in [0.717, 1.165) is 0 Å². The van der Waals surface area contributed by atoms with Crippen LogP contribution in [0.25, 0.3) is 0 Å². The zero-order valence-corrected chi connectivity index (χ0v) is 12.7. The second kappa shape index (κ2) is 4.52. The van der Waals surface area contributed by atoms with Gasteiger partial charge in [-0.3, -0.25) is 9.59 Å². The highest BCUT2D eigenvalue weighted by molar-refractivity contribution is 6.23. The molecule has 1 aromatic carbocycles. The van der Waals surface area contributed by atoms with Crippen molar-refractivity contribution >= 4 is 23.5 Å². The minimum absolute atomic E-state index is 0.278. The Labute approximate surface area is 132 Å². The van der Waals surface area contributed by atoms with Crippen LogP contribution in [-0.2, 0) is 19.1 Å². The molecule has 6 nitrogen and oxygen atoms in total. The van der Waals surface area contributed by atoms with Gasteiger partial charge in [0, 0.05) is 0 Å². The Kier molecular flexibility index (Phi) is 2.78. The number of benzene rings is 1. The number of esters is 1. The highest BCUT2D eigenvalue weighted by Crippen LogP contribution is 2.52. The number of carbonyl (C=O) groups is 3. The molecule has 0 unspecified atom stereocenters. The number of hydrogen-bond acceptors (Lipinski definition) is 5. The number of anilines is 1. The second-order valence-corrected chi connectivity index (χ2v) is 6.18. The van der Waals surface area contributed by atoms with Crippen molar-refractivity contribution < 1.29 is 23.9 Å². The van der Waals surface area contributed by atoms with Crippen LogP contribution in [0.1, 0.15) is 17.3 Å². The number of ether oxygens (including phenoxy) is 2. The zero-order valence-electron chi connectivity index (χ0n) is 12.7. The van der Waals surface area contributed by atoms with Gasteiger partial charge in [0.1, 0.15) is 0 Å². The Bertz CT molecular complexity index is 770. The molecule has 0 N–H and O–H groups in total. The van der Waals surface area contributed by atoms with E-state index in [-0.39, 0.29) is 17.9 Å². The quantitative estimate of drug-likeness (QED) is 0.467. The SMILES string of the molecule is COC(=O)c1cccc(N2C(=O)[C@H]3[C@@H](C2=O)[C@]2(C)C=C[C@H]3O2)c1. The first-order valence-corrected chi connectivity index (χ1v) is 7.39. The van der Waals surface area contributed by atoms with Crippen molar-refractivity contribution in [1.29, 1.82) is 0 Å². The van der Waals surface area contributed by atoms with E-state index in [1.165, 1.54) is 18.1 Å². The molecule has 0 saturated carbocycles. The molecule has 0 spiro atoms. The van der Waals surface area contributed by atoms with Crippen LogP contribution in [-0.4, -0.2) is 36.6 Å². The number of fused-ring (bicyclic) bond motifs is 5. The number of amides is 2. The molecule has 3 aliphatic rings. The van der Waals surface area contributed by atoms with Gasteiger partial charge in [0.05, 0.1) is 41.9 Å². The third-order valence-electron chi connectivity index (χ3n) is 4.85. The molecule has 2 bridgehead atoms. The highest BCUT2D eigenvalue weighted by Gasteiger charge is 2.66. The molecule has 2 fully saturated rings. The van der Waals surface area contributed by atoms with E-state index in [2.05, 4.69) is 4.74 Å². The number of hydrogen-bond donors (Lipinski definition) is 0. The van der Waals surface area contributed by atoms with Crippen LogP contribution >= 0.6 is 0 Å². The standard InChI is InChI=1S/C17H15NO5/c1-17-7-6-11(23-17)12-13(17)15(20)18(14(12)19)10-5-3-4-9(8-10)16(21)22-2/h3-8,11-13H,1-2H3/t11-,12-,13+,17+/m1/s1. The number of imide groups is 1. The van der Waals surface area contributed by atoms with Gasteiger partial charge in [-0.2, -0.15) is 0 Å². The summed E-state index contributed by atoms with van der Waals surface area (Å²) in [6.07, 6.45) is 3.36. The van der Waals surface area contributed by atoms with Crippen LogP contribution in [0, 0.1) is 11.8 Å². The van der Waals surface area contributed by atoms with E-state index in [0.29, 0.717) is 11.3 Å². The van der Waals surface area contributed by atoms with E-state index < -0.39 is 23.4 Å². The van der Waals surface area contributed by atoms with Gasteiger partial charge in [-0.1, -0.05) is 18.2 Å². The van der Waals surface area contributed by atoms with Crippen LogP contribution in [0.15, 0.2) is 36.4 Å². The molecular weight excluding hydrogens is 298 g/mol. The Morgan fingerprint density at radius 3 is 2.78 bits per heavy atom. The summed E-state index contributed by atoms with van der Waals surface area (Å²) in [7, 11) is 1.28. The number of rotatable bonds is 2. The molecule has 6 heteroatoms. The molecule has 3 heterocycles. The lowest BCUT2D eigenvalue weighted by Gasteiger charge is -2.24. The molecule has 0 aromatic heterocycles. The van der Waals surface area contributed by atoms with E-state index in [9.17, 15) is 14.4 Å². The van der Waals surface area contributed by atoms with Crippen LogP contribution in [0.4, 0.5) is 5.69 Å². The molecule has 2 saturated heterocycles. The molecule has 3 aliphatic heterocycles. The smallest absolute Gasteiger partial charge is 0.337 e. The van der Waals surface area contributed by atoms with Crippen molar-refractivity contribution in [1.82, 2.24) is 0 Å². The van der Waals surface area contributed by atoms with Crippen molar-refractivity contribution in [3.05, 3.63) is 42.0 Å². The number of nitrogens with zero attached hydrogens (tertiary/aromatic N) is 1. The summed E-state index contributed by atoms with van der Waals surface area (Å²) in [6.45, 7) is 1.83. The molecule has 23 heavy (non-hydrogen) atoms. The largest absolute Gasteiger partial charge is 0.465 e. The zero-order chi connectivity index (χ0) is 16.4. The van der Waals surface area contributed by atoms with Crippen LogP contribution in [0.5, 0.6) is 0 Å². The minimum Gasteiger partial charge on any atom is -0.465 e. The lowest BCUT2D eigenvalue weighted by atomic mass is 9.78. The number of carbonyl (C=O) groups excluding carboxylic acids is 3. The lowest BCUT2D eigenvalue weighted by molar-refractivity contribution is -0.126. The van der Waals surface area contributed by atoms with Crippen LogP contribution in [0.2, 0.25) is 0 Å². The maximum absolute atomic E-state index is 12.8. The molecule has 4 rings (SSSR count). The van der Waals surface area contributed by atoms with Gasteiger partial charge in [-0.25, -0.2) is 9.69 Å². The summed E-state index contributed by atoms with van der Waals surface area (Å²) in [4.78, 5) is 38.4. The third kappa shape index (κ3) is 1.75. The fourth-order valence-electron chi connectivity index (χ4n) is 3.80. The van der Waals surface area contributed by atoms with Crippen molar-refractivity contribution in [2.75, 3.05) is 12.0 Å².